The molecule has 8 heteroatoms. The van der Waals surface area contributed by atoms with Crippen LogP contribution in [0.15, 0.2) is 54.6 Å². The lowest BCUT2D eigenvalue weighted by molar-refractivity contribution is -0.148. The van der Waals surface area contributed by atoms with Crippen molar-refractivity contribution in [3.8, 4) is 11.5 Å². The second-order valence-corrected chi connectivity index (χ2v) is 10.2. The molecule has 1 N–H and O–H groups in total. The summed E-state index contributed by atoms with van der Waals surface area (Å²) in [6.45, 7) is 5.57. The first-order chi connectivity index (χ1) is 17.5. The van der Waals surface area contributed by atoms with Crippen molar-refractivity contribution < 1.29 is 28.5 Å². The number of nitrogens with zero attached hydrogens (tertiary/aromatic N) is 1. The Balaban J connectivity index is 1.33. The van der Waals surface area contributed by atoms with Crippen LogP contribution in [0.2, 0.25) is 0 Å². The Labute approximate surface area is 211 Å². The van der Waals surface area contributed by atoms with E-state index >= 15 is 0 Å². The predicted molar refractivity (Wildman–Crippen MR) is 133 cm³/mol. The average molecular weight is 493 g/mol. The highest BCUT2D eigenvalue weighted by Gasteiger charge is 2.52. The van der Waals surface area contributed by atoms with E-state index in [2.05, 4.69) is 28.4 Å². The molecular weight excluding hydrogens is 460 g/mol. The smallest absolute Gasteiger partial charge is 0.231 e. The molecule has 1 saturated heterocycles. The normalized spacial score (nSPS) is 29.7. The summed E-state index contributed by atoms with van der Waals surface area (Å²) < 4.78 is 30.1. The van der Waals surface area contributed by atoms with Crippen LogP contribution in [0, 0.1) is 0 Å². The number of hydrogen-bond acceptors (Lipinski definition) is 7. The number of nitrogens with one attached hydrogen (secondary N) is 1. The summed E-state index contributed by atoms with van der Waals surface area (Å²) >= 11 is 0. The van der Waals surface area contributed by atoms with Crippen LogP contribution in [0.4, 0.5) is 5.69 Å². The molecule has 190 valence electrons. The number of hydrogen-bond donors (Lipinski definition) is 1. The van der Waals surface area contributed by atoms with E-state index in [9.17, 15) is 4.79 Å². The maximum atomic E-state index is 13.5. The van der Waals surface area contributed by atoms with Gasteiger partial charge in [-0.1, -0.05) is 42.5 Å². The topological polar surface area (TPSA) is 78.5 Å². The largest absolute Gasteiger partial charge is 0.454 e. The second kappa shape index (κ2) is 9.42. The van der Waals surface area contributed by atoms with Crippen LogP contribution in [0.3, 0.4) is 0 Å². The third-order valence-corrected chi connectivity index (χ3v) is 7.13. The van der Waals surface area contributed by atoms with Gasteiger partial charge < -0.3 is 33.9 Å². The van der Waals surface area contributed by atoms with Gasteiger partial charge in [0.1, 0.15) is 12.2 Å². The van der Waals surface area contributed by atoms with Gasteiger partial charge in [-0.15, -0.1) is 0 Å². The lowest BCUT2D eigenvalue weighted by atomic mass is 9.88. The Hall–Kier alpha value is -3.07. The second-order valence-electron chi connectivity index (χ2n) is 10.2. The number of anilines is 1. The maximum Gasteiger partial charge on any atom is 0.231 e. The zero-order chi connectivity index (χ0) is 24.7. The van der Waals surface area contributed by atoms with E-state index in [4.69, 9.17) is 23.7 Å². The molecule has 0 saturated carbocycles. The fourth-order valence-electron chi connectivity index (χ4n) is 5.61. The molecule has 0 spiro atoms. The van der Waals surface area contributed by atoms with Crippen molar-refractivity contribution in [2.24, 2.45) is 0 Å². The number of fused-ring (bicyclic) bond motifs is 7. The number of carbonyl (C=O) groups is 1. The molecule has 4 atom stereocenters. The monoisotopic (exact) mass is 492 g/mol. The van der Waals surface area contributed by atoms with E-state index in [1.54, 1.807) is 0 Å². The van der Waals surface area contributed by atoms with E-state index in [1.807, 2.05) is 50.3 Å². The summed E-state index contributed by atoms with van der Waals surface area (Å²) in [6.07, 6.45) is 4.49. The maximum absolute atomic E-state index is 13.5. The molecule has 4 heterocycles. The third kappa shape index (κ3) is 4.56. The highest BCUT2D eigenvalue weighted by atomic mass is 16.8. The van der Waals surface area contributed by atoms with Crippen molar-refractivity contribution in [2.45, 2.75) is 56.8 Å². The quantitative estimate of drug-likeness (QED) is 0.643. The van der Waals surface area contributed by atoms with E-state index in [-0.39, 0.29) is 43.4 Å². The molecule has 1 amide bonds. The minimum Gasteiger partial charge on any atom is -0.454 e. The van der Waals surface area contributed by atoms with Gasteiger partial charge in [0.2, 0.25) is 12.7 Å². The van der Waals surface area contributed by atoms with Gasteiger partial charge >= 0.3 is 0 Å². The number of carbonyl (C=O) groups excluding carboxylic acids is 1. The van der Waals surface area contributed by atoms with Crippen molar-refractivity contribution >= 4 is 11.6 Å². The van der Waals surface area contributed by atoms with E-state index < -0.39 is 5.79 Å². The van der Waals surface area contributed by atoms with Crippen LogP contribution in [-0.2, 0) is 25.4 Å². The van der Waals surface area contributed by atoms with Gasteiger partial charge in [0, 0.05) is 30.3 Å². The van der Waals surface area contributed by atoms with E-state index in [1.165, 1.54) is 0 Å². The van der Waals surface area contributed by atoms with Crippen LogP contribution in [0.5, 0.6) is 11.5 Å². The van der Waals surface area contributed by atoms with Crippen molar-refractivity contribution in [3.05, 3.63) is 65.7 Å². The molecule has 0 aliphatic carbocycles. The zero-order valence-corrected chi connectivity index (χ0v) is 20.6. The van der Waals surface area contributed by atoms with Gasteiger partial charge in [-0.2, -0.15) is 0 Å². The van der Waals surface area contributed by atoms with Crippen molar-refractivity contribution in [1.29, 1.82) is 0 Å². The predicted octanol–water partition coefficient (Wildman–Crippen LogP) is 3.50. The lowest BCUT2D eigenvalue weighted by Gasteiger charge is -2.43. The Kier molecular flexibility index (Phi) is 6.11. The molecule has 0 radical (unpaired) electrons. The molecule has 36 heavy (non-hydrogen) atoms. The highest BCUT2D eigenvalue weighted by molar-refractivity contribution is 5.78. The lowest BCUT2D eigenvalue weighted by Crippen LogP contribution is -2.53. The average Bonchev–Trinajstić information content (AvgIpc) is 3.44. The standard InChI is InChI=1S/C28H32N2O6/c1-28(2)35-26-20-13-23-24(34-17-33-23)14-21(20)30-10-6-7-11-32-16-19(12-18-8-4-3-5-9-18)29-25(31)15-22(30)27(26)36-28/h3-9,13-14,19,22,26-27H,10-12,15-17H2,1-2H3,(H,29,31)/b7-6+/t19-,22-,26-,27-/m0/s1. The minimum atomic E-state index is -0.765. The summed E-state index contributed by atoms with van der Waals surface area (Å²) in [4.78, 5) is 15.7. The molecule has 0 unspecified atom stereocenters. The first-order valence-electron chi connectivity index (χ1n) is 12.6. The van der Waals surface area contributed by atoms with Gasteiger partial charge in [-0.25, -0.2) is 0 Å². The first-order valence-corrected chi connectivity index (χ1v) is 12.6. The summed E-state index contributed by atoms with van der Waals surface area (Å²) in [7, 11) is 0. The van der Waals surface area contributed by atoms with Gasteiger partial charge in [-0.05, 0) is 31.9 Å². The Morgan fingerprint density at radius 3 is 2.69 bits per heavy atom. The molecule has 0 aromatic heterocycles. The summed E-state index contributed by atoms with van der Waals surface area (Å²) in [5, 5.41) is 3.23. The van der Waals surface area contributed by atoms with Gasteiger partial charge in [0.15, 0.2) is 17.3 Å². The Morgan fingerprint density at radius 2 is 1.86 bits per heavy atom. The Morgan fingerprint density at radius 1 is 1.06 bits per heavy atom. The van der Waals surface area contributed by atoms with E-state index in [0.717, 1.165) is 16.8 Å². The SMILES string of the molecule is CC1(C)O[C@@H]2[C@@H](O1)c1cc3c(cc1N1C/C=C/COC[C@H](Cc4ccccc4)NC(=O)C[C@@H]21)OCO3. The van der Waals surface area contributed by atoms with Crippen LogP contribution < -0.4 is 19.7 Å². The third-order valence-electron chi connectivity index (χ3n) is 7.13. The number of ether oxygens (including phenoxy) is 5. The molecule has 6 rings (SSSR count). The molecule has 2 aromatic rings. The van der Waals surface area contributed by atoms with Crippen LogP contribution in [-0.4, -0.2) is 56.4 Å². The fraction of sp³-hybridized carbons (Fsp3) is 0.464. The zero-order valence-electron chi connectivity index (χ0n) is 20.6. The molecular formula is C28H32N2O6. The number of benzene rings is 2. The van der Waals surface area contributed by atoms with Gasteiger partial charge in [-0.3, -0.25) is 4.79 Å². The summed E-state index contributed by atoms with van der Waals surface area (Å²) in [6, 6.07) is 13.8. The first kappa shape index (κ1) is 23.3. The Bertz CT molecular complexity index is 1150. The highest BCUT2D eigenvalue weighted by Crippen LogP contribution is 2.52. The number of amides is 1. The summed E-state index contributed by atoms with van der Waals surface area (Å²) in [5.41, 5.74) is 3.13. The van der Waals surface area contributed by atoms with Crippen LogP contribution >= 0.6 is 0 Å². The molecule has 2 aromatic carbocycles. The van der Waals surface area contributed by atoms with Gasteiger partial charge in [0.05, 0.1) is 25.3 Å². The van der Waals surface area contributed by atoms with Gasteiger partial charge in [0.25, 0.3) is 0 Å². The van der Waals surface area contributed by atoms with Crippen molar-refractivity contribution in [2.75, 3.05) is 31.5 Å². The fourth-order valence-corrected chi connectivity index (χ4v) is 5.61. The summed E-state index contributed by atoms with van der Waals surface area (Å²) in [5.74, 6) is 0.614. The molecule has 0 bridgehead atoms. The van der Waals surface area contributed by atoms with E-state index in [0.29, 0.717) is 37.7 Å². The molecule has 4 aliphatic heterocycles. The number of rotatable bonds is 2. The molecule has 8 nitrogen and oxygen atoms in total. The minimum absolute atomic E-state index is 0.0321. The van der Waals surface area contributed by atoms with Crippen LogP contribution in [0.1, 0.15) is 37.5 Å². The van der Waals surface area contributed by atoms with Crippen LogP contribution in [0.25, 0.3) is 0 Å². The van der Waals surface area contributed by atoms with Crippen molar-refractivity contribution in [3.63, 3.8) is 0 Å². The van der Waals surface area contributed by atoms with Crippen molar-refractivity contribution in [1.82, 2.24) is 5.32 Å². The molecule has 4 aliphatic rings. The molecule has 1 fully saturated rings.